The summed E-state index contributed by atoms with van der Waals surface area (Å²) in [6.45, 7) is 6.40. The lowest BCUT2D eigenvalue weighted by Crippen LogP contribution is -2.18. The normalized spacial score (nSPS) is 13.5. The summed E-state index contributed by atoms with van der Waals surface area (Å²) in [6.07, 6.45) is 0. The van der Waals surface area contributed by atoms with Gasteiger partial charge in [0.25, 0.3) is 0 Å². The molecule has 108 valence electrons. The zero-order valence-electron chi connectivity index (χ0n) is 12.0. The lowest BCUT2D eigenvalue weighted by atomic mass is 9.93. The number of nitrogens with one attached hydrogen (secondary N) is 1. The molecule has 0 saturated carbocycles. The number of benzene rings is 1. The maximum atomic E-state index is 13.3. The molecule has 2 rings (SSSR count). The Morgan fingerprint density at radius 3 is 2.55 bits per heavy atom. The van der Waals surface area contributed by atoms with Crippen molar-refractivity contribution in [3.63, 3.8) is 0 Å². The van der Waals surface area contributed by atoms with Gasteiger partial charge in [0.05, 0.1) is 16.8 Å². The SMILES string of the molecule is CNC(c1ccc(F)c(Cl)c1)c1nc(C(C)(C)C)cs1. The second-order valence-corrected chi connectivity index (χ2v) is 7.01. The van der Waals surface area contributed by atoms with E-state index >= 15 is 0 Å². The summed E-state index contributed by atoms with van der Waals surface area (Å²) in [5.41, 5.74) is 1.99. The number of rotatable bonds is 3. The van der Waals surface area contributed by atoms with Gasteiger partial charge in [-0.3, -0.25) is 0 Å². The molecule has 0 spiro atoms. The molecule has 2 nitrogen and oxygen atoms in total. The van der Waals surface area contributed by atoms with Crippen LogP contribution in [0.25, 0.3) is 0 Å². The summed E-state index contributed by atoms with van der Waals surface area (Å²) in [6, 6.07) is 4.70. The van der Waals surface area contributed by atoms with Gasteiger partial charge in [-0.05, 0) is 24.7 Å². The number of thiazole rings is 1. The van der Waals surface area contributed by atoms with Crippen LogP contribution in [0.5, 0.6) is 0 Å². The topological polar surface area (TPSA) is 24.9 Å². The van der Waals surface area contributed by atoms with Crippen LogP contribution in [0.4, 0.5) is 4.39 Å². The molecular formula is C15H18ClFN2S. The average Bonchev–Trinajstić information content (AvgIpc) is 2.84. The summed E-state index contributed by atoms with van der Waals surface area (Å²) < 4.78 is 13.3. The Bertz CT molecular complexity index is 604. The number of hydrogen-bond donors (Lipinski definition) is 1. The molecule has 1 aromatic heterocycles. The largest absolute Gasteiger partial charge is 0.307 e. The Morgan fingerprint density at radius 1 is 1.35 bits per heavy atom. The van der Waals surface area contributed by atoms with Crippen molar-refractivity contribution in [1.29, 1.82) is 0 Å². The first-order chi connectivity index (χ1) is 9.32. The van der Waals surface area contributed by atoms with Crippen LogP contribution in [-0.2, 0) is 5.41 Å². The van der Waals surface area contributed by atoms with Crippen LogP contribution in [0.1, 0.15) is 43.1 Å². The van der Waals surface area contributed by atoms with Gasteiger partial charge in [-0.1, -0.05) is 38.4 Å². The van der Waals surface area contributed by atoms with Gasteiger partial charge in [-0.15, -0.1) is 11.3 Å². The summed E-state index contributed by atoms with van der Waals surface area (Å²) in [5.74, 6) is -0.403. The number of nitrogens with zero attached hydrogens (tertiary/aromatic N) is 1. The molecule has 5 heteroatoms. The molecule has 1 N–H and O–H groups in total. The molecule has 0 saturated heterocycles. The van der Waals surface area contributed by atoms with E-state index in [9.17, 15) is 4.39 Å². The van der Waals surface area contributed by atoms with Crippen molar-refractivity contribution in [2.75, 3.05) is 7.05 Å². The molecule has 2 aromatic rings. The molecule has 0 bridgehead atoms. The van der Waals surface area contributed by atoms with Crippen LogP contribution in [0.3, 0.4) is 0 Å². The number of aromatic nitrogens is 1. The van der Waals surface area contributed by atoms with E-state index in [-0.39, 0.29) is 16.5 Å². The molecule has 0 aliphatic rings. The highest BCUT2D eigenvalue weighted by molar-refractivity contribution is 7.09. The van der Waals surface area contributed by atoms with Crippen LogP contribution in [-0.4, -0.2) is 12.0 Å². The predicted octanol–water partition coefficient (Wildman–Crippen LogP) is 4.54. The van der Waals surface area contributed by atoms with Gasteiger partial charge in [0, 0.05) is 10.8 Å². The Morgan fingerprint density at radius 2 is 2.05 bits per heavy atom. The van der Waals surface area contributed by atoms with E-state index in [1.54, 1.807) is 23.5 Å². The summed E-state index contributed by atoms with van der Waals surface area (Å²) >= 11 is 7.46. The minimum atomic E-state index is -0.403. The summed E-state index contributed by atoms with van der Waals surface area (Å²) in [5, 5.41) is 6.38. The molecule has 1 aromatic carbocycles. The standard InChI is InChI=1S/C15H18ClFN2S/c1-15(2,3)12-8-20-14(19-12)13(18-4)9-5-6-11(17)10(16)7-9/h5-8,13,18H,1-4H3. The smallest absolute Gasteiger partial charge is 0.141 e. The number of hydrogen-bond acceptors (Lipinski definition) is 3. The molecule has 0 amide bonds. The minimum Gasteiger partial charge on any atom is -0.307 e. The Hall–Kier alpha value is -0.970. The molecule has 20 heavy (non-hydrogen) atoms. The van der Waals surface area contributed by atoms with Crippen LogP contribution in [0.15, 0.2) is 23.6 Å². The third-order valence-electron chi connectivity index (χ3n) is 3.10. The van der Waals surface area contributed by atoms with Crippen molar-refractivity contribution < 1.29 is 4.39 Å². The van der Waals surface area contributed by atoms with E-state index in [0.29, 0.717) is 0 Å². The van der Waals surface area contributed by atoms with E-state index in [1.165, 1.54) is 6.07 Å². The molecule has 0 radical (unpaired) electrons. The summed E-state index contributed by atoms with van der Waals surface area (Å²) in [7, 11) is 1.86. The fourth-order valence-electron chi connectivity index (χ4n) is 1.89. The molecule has 1 atom stereocenters. The van der Waals surface area contributed by atoms with Crippen molar-refractivity contribution in [2.24, 2.45) is 0 Å². The quantitative estimate of drug-likeness (QED) is 0.900. The van der Waals surface area contributed by atoms with Gasteiger partial charge in [-0.2, -0.15) is 0 Å². The molecule has 1 heterocycles. The summed E-state index contributed by atoms with van der Waals surface area (Å²) in [4.78, 5) is 4.70. The van der Waals surface area contributed by atoms with Gasteiger partial charge in [0.2, 0.25) is 0 Å². The van der Waals surface area contributed by atoms with Gasteiger partial charge in [0.1, 0.15) is 10.8 Å². The van der Waals surface area contributed by atoms with Crippen molar-refractivity contribution in [3.8, 4) is 0 Å². The van der Waals surface area contributed by atoms with Gasteiger partial charge < -0.3 is 5.32 Å². The van der Waals surface area contributed by atoms with Gasteiger partial charge in [-0.25, -0.2) is 9.37 Å². The first-order valence-corrected chi connectivity index (χ1v) is 7.67. The predicted molar refractivity (Wildman–Crippen MR) is 83.1 cm³/mol. The molecule has 0 fully saturated rings. The second-order valence-electron chi connectivity index (χ2n) is 5.72. The van der Waals surface area contributed by atoms with E-state index in [4.69, 9.17) is 16.6 Å². The lowest BCUT2D eigenvalue weighted by molar-refractivity contribution is 0.566. The van der Waals surface area contributed by atoms with Gasteiger partial charge >= 0.3 is 0 Å². The van der Waals surface area contributed by atoms with Crippen molar-refractivity contribution in [1.82, 2.24) is 10.3 Å². The zero-order chi connectivity index (χ0) is 14.9. The maximum absolute atomic E-state index is 13.3. The Labute approximate surface area is 128 Å². The number of halogens is 2. The van der Waals surface area contributed by atoms with Crippen LogP contribution in [0, 0.1) is 5.82 Å². The van der Waals surface area contributed by atoms with E-state index in [2.05, 4.69) is 31.5 Å². The highest BCUT2D eigenvalue weighted by Gasteiger charge is 2.22. The third-order valence-corrected chi connectivity index (χ3v) is 4.30. The van der Waals surface area contributed by atoms with Crippen LogP contribution in [0.2, 0.25) is 5.02 Å². The fraction of sp³-hybridized carbons (Fsp3) is 0.400. The highest BCUT2D eigenvalue weighted by Crippen LogP contribution is 2.31. The van der Waals surface area contributed by atoms with Crippen LogP contribution < -0.4 is 5.32 Å². The second kappa shape index (κ2) is 5.80. The fourth-order valence-corrected chi connectivity index (χ4v) is 3.26. The Kier molecular flexibility index (Phi) is 4.47. The molecular weight excluding hydrogens is 295 g/mol. The maximum Gasteiger partial charge on any atom is 0.141 e. The van der Waals surface area contributed by atoms with Crippen LogP contribution >= 0.6 is 22.9 Å². The van der Waals surface area contributed by atoms with E-state index < -0.39 is 5.82 Å². The van der Waals surface area contributed by atoms with Crippen molar-refractivity contribution in [3.05, 3.63) is 50.7 Å². The molecule has 0 aliphatic heterocycles. The Balaban J connectivity index is 2.37. The van der Waals surface area contributed by atoms with Crippen molar-refractivity contribution in [2.45, 2.75) is 32.2 Å². The molecule has 0 aliphatic carbocycles. The third kappa shape index (κ3) is 3.19. The van der Waals surface area contributed by atoms with Gasteiger partial charge in [0.15, 0.2) is 0 Å². The first kappa shape index (κ1) is 15.4. The minimum absolute atomic E-state index is 0.0213. The zero-order valence-corrected chi connectivity index (χ0v) is 13.6. The van der Waals surface area contributed by atoms with E-state index in [0.717, 1.165) is 16.3 Å². The lowest BCUT2D eigenvalue weighted by Gasteiger charge is -2.16. The average molecular weight is 313 g/mol. The highest BCUT2D eigenvalue weighted by atomic mass is 35.5. The monoisotopic (exact) mass is 312 g/mol. The van der Waals surface area contributed by atoms with Crippen molar-refractivity contribution >= 4 is 22.9 Å². The van der Waals surface area contributed by atoms with E-state index in [1.807, 2.05) is 7.05 Å². The molecule has 1 unspecified atom stereocenters. The first-order valence-electron chi connectivity index (χ1n) is 6.41.